The molecular weight excluding hydrogens is 156 g/mol. The number of hydrogen-bond donors (Lipinski definition) is 0. The minimum atomic E-state index is -0.0930. The summed E-state index contributed by atoms with van der Waals surface area (Å²) in [6.45, 7) is 3.65. The molecule has 2 fully saturated rings. The molecule has 2 saturated heterocycles. The van der Waals surface area contributed by atoms with Crippen LogP contribution in [0.5, 0.6) is 0 Å². The summed E-state index contributed by atoms with van der Waals surface area (Å²) in [7, 11) is 0. The highest BCUT2D eigenvalue weighted by molar-refractivity contribution is 5.70. The van der Waals surface area contributed by atoms with Crippen molar-refractivity contribution in [3.63, 3.8) is 0 Å². The van der Waals surface area contributed by atoms with Gasteiger partial charge in [-0.3, -0.25) is 4.79 Å². The third-order valence-corrected chi connectivity index (χ3v) is 2.41. The number of carbonyl (C=O) groups is 1. The largest absolute Gasteiger partial charge is 0.459 e. The first kappa shape index (κ1) is 7.80. The van der Waals surface area contributed by atoms with Crippen LogP contribution in [0.3, 0.4) is 0 Å². The Hall–Kier alpha value is -0.830. The fraction of sp³-hybridized carbons (Fsp3) is 0.667. The highest BCUT2D eigenvalue weighted by atomic mass is 16.6. The number of esters is 1. The van der Waals surface area contributed by atoms with Gasteiger partial charge in [0.15, 0.2) is 0 Å². The first-order valence-corrected chi connectivity index (χ1v) is 4.27. The lowest BCUT2D eigenvalue weighted by Crippen LogP contribution is -2.32. The van der Waals surface area contributed by atoms with Crippen molar-refractivity contribution in [2.75, 3.05) is 0 Å². The number of rotatable bonds is 1. The van der Waals surface area contributed by atoms with Gasteiger partial charge in [-0.25, -0.2) is 0 Å². The van der Waals surface area contributed by atoms with Crippen molar-refractivity contribution in [3.8, 4) is 0 Å². The zero-order valence-electron chi connectivity index (χ0n) is 6.86. The molecule has 0 saturated carbocycles. The molecule has 2 aliphatic heterocycles. The van der Waals surface area contributed by atoms with Gasteiger partial charge in [-0.2, -0.15) is 0 Å². The molecule has 12 heavy (non-hydrogen) atoms. The second-order valence-corrected chi connectivity index (χ2v) is 3.25. The minimum Gasteiger partial charge on any atom is -0.459 e. The van der Waals surface area contributed by atoms with Gasteiger partial charge in [-0.05, 0) is 6.42 Å². The molecule has 2 heterocycles. The highest BCUT2D eigenvalue weighted by Crippen LogP contribution is 2.30. The predicted octanol–water partition coefficient (Wildman–Crippen LogP) is 1.04. The summed E-state index contributed by atoms with van der Waals surface area (Å²) in [5, 5.41) is 0. The zero-order valence-corrected chi connectivity index (χ0v) is 6.86. The lowest BCUT2D eigenvalue weighted by Gasteiger charge is -2.23. The van der Waals surface area contributed by atoms with E-state index in [1.165, 1.54) is 0 Å². The van der Waals surface area contributed by atoms with Gasteiger partial charge in [-0.15, -0.1) is 6.58 Å². The van der Waals surface area contributed by atoms with Gasteiger partial charge >= 0.3 is 5.97 Å². The first-order valence-electron chi connectivity index (χ1n) is 4.27. The second-order valence-electron chi connectivity index (χ2n) is 3.25. The quantitative estimate of drug-likeness (QED) is 0.433. The molecule has 2 rings (SSSR count). The van der Waals surface area contributed by atoms with Crippen molar-refractivity contribution < 1.29 is 14.3 Å². The predicted molar refractivity (Wildman–Crippen MR) is 42.6 cm³/mol. The van der Waals surface area contributed by atoms with Crippen molar-refractivity contribution in [2.45, 2.75) is 37.6 Å². The summed E-state index contributed by atoms with van der Waals surface area (Å²) < 4.78 is 10.7. The van der Waals surface area contributed by atoms with E-state index in [0.29, 0.717) is 6.42 Å². The molecule has 66 valence electrons. The number of hydrogen-bond acceptors (Lipinski definition) is 3. The third kappa shape index (κ3) is 1.25. The van der Waals surface area contributed by atoms with Crippen LogP contribution < -0.4 is 0 Å². The van der Waals surface area contributed by atoms with Crippen molar-refractivity contribution in [2.24, 2.45) is 0 Å². The molecule has 0 bridgehead atoms. The Morgan fingerprint density at radius 3 is 3.08 bits per heavy atom. The van der Waals surface area contributed by atoms with Crippen LogP contribution in [0, 0.1) is 0 Å². The molecule has 0 amide bonds. The standard InChI is InChI=1S/C9H12O3/c1-2-6-5-8-7(11-6)3-4-9(10)12-8/h2,6-8H,1,3-5H2/t6-,7+,8+/m0/s1. The fourth-order valence-corrected chi connectivity index (χ4v) is 1.77. The van der Waals surface area contributed by atoms with Crippen LogP contribution in [0.1, 0.15) is 19.3 Å². The van der Waals surface area contributed by atoms with E-state index >= 15 is 0 Å². The molecule has 0 aromatic heterocycles. The maximum atomic E-state index is 10.9. The lowest BCUT2D eigenvalue weighted by atomic mass is 10.0. The molecule has 0 aromatic carbocycles. The molecule has 0 unspecified atom stereocenters. The van der Waals surface area contributed by atoms with E-state index in [4.69, 9.17) is 9.47 Å². The normalized spacial score (nSPS) is 40.3. The van der Waals surface area contributed by atoms with Gasteiger partial charge in [-0.1, -0.05) is 6.08 Å². The maximum Gasteiger partial charge on any atom is 0.306 e. The fourth-order valence-electron chi connectivity index (χ4n) is 1.77. The summed E-state index contributed by atoms with van der Waals surface area (Å²) in [5.74, 6) is -0.0930. The monoisotopic (exact) mass is 168 g/mol. The number of fused-ring (bicyclic) bond motifs is 1. The number of ether oxygens (including phenoxy) is 2. The van der Waals surface area contributed by atoms with Gasteiger partial charge < -0.3 is 9.47 Å². The van der Waals surface area contributed by atoms with E-state index in [9.17, 15) is 4.79 Å². The van der Waals surface area contributed by atoms with E-state index < -0.39 is 0 Å². The van der Waals surface area contributed by atoms with Crippen LogP contribution in [-0.4, -0.2) is 24.3 Å². The van der Waals surface area contributed by atoms with E-state index in [0.717, 1.165) is 12.8 Å². The molecule has 3 atom stereocenters. The Morgan fingerprint density at radius 1 is 1.50 bits per heavy atom. The second kappa shape index (κ2) is 2.90. The molecule has 0 aliphatic carbocycles. The van der Waals surface area contributed by atoms with Crippen LogP contribution in [0.25, 0.3) is 0 Å². The maximum absolute atomic E-state index is 10.9. The summed E-state index contributed by atoms with van der Waals surface area (Å²) >= 11 is 0. The molecule has 3 heteroatoms. The van der Waals surface area contributed by atoms with E-state index in [1.807, 2.05) is 0 Å². The van der Waals surface area contributed by atoms with Crippen LogP contribution in [-0.2, 0) is 14.3 Å². The Morgan fingerprint density at radius 2 is 2.33 bits per heavy atom. The Balaban J connectivity index is 2.02. The molecule has 0 N–H and O–H groups in total. The average molecular weight is 168 g/mol. The van der Waals surface area contributed by atoms with Crippen molar-refractivity contribution >= 4 is 5.97 Å². The topological polar surface area (TPSA) is 35.5 Å². The smallest absolute Gasteiger partial charge is 0.306 e. The highest BCUT2D eigenvalue weighted by Gasteiger charge is 2.39. The minimum absolute atomic E-state index is 0.0192. The Labute approximate surface area is 71.3 Å². The van der Waals surface area contributed by atoms with Gasteiger partial charge in [0.25, 0.3) is 0 Å². The van der Waals surface area contributed by atoms with E-state index in [1.54, 1.807) is 6.08 Å². The summed E-state index contributed by atoms with van der Waals surface area (Å²) in [6.07, 6.45) is 4.01. The zero-order chi connectivity index (χ0) is 8.55. The summed E-state index contributed by atoms with van der Waals surface area (Å²) in [4.78, 5) is 10.9. The Bertz CT molecular complexity index is 212. The van der Waals surface area contributed by atoms with Gasteiger partial charge in [0, 0.05) is 12.8 Å². The van der Waals surface area contributed by atoms with Crippen molar-refractivity contribution in [1.29, 1.82) is 0 Å². The Kier molecular flexibility index (Phi) is 1.89. The van der Waals surface area contributed by atoms with Crippen molar-refractivity contribution in [3.05, 3.63) is 12.7 Å². The van der Waals surface area contributed by atoms with E-state index in [2.05, 4.69) is 6.58 Å². The molecule has 0 spiro atoms. The lowest BCUT2D eigenvalue weighted by molar-refractivity contribution is -0.159. The summed E-state index contributed by atoms with van der Waals surface area (Å²) in [5.41, 5.74) is 0. The van der Waals surface area contributed by atoms with Crippen LogP contribution in [0.15, 0.2) is 12.7 Å². The first-order chi connectivity index (χ1) is 5.79. The summed E-state index contributed by atoms with van der Waals surface area (Å²) in [6, 6.07) is 0. The van der Waals surface area contributed by atoms with Gasteiger partial charge in [0.05, 0.1) is 12.2 Å². The molecule has 2 aliphatic rings. The van der Waals surface area contributed by atoms with E-state index in [-0.39, 0.29) is 24.3 Å². The molecule has 0 radical (unpaired) electrons. The van der Waals surface area contributed by atoms with Crippen LogP contribution >= 0.6 is 0 Å². The average Bonchev–Trinajstić information content (AvgIpc) is 2.46. The SMILES string of the molecule is C=C[C@H]1C[C@H]2OC(=O)CC[C@H]2O1. The van der Waals surface area contributed by atoms with Gasteiger partial charge in [0.2, 0.25) is 0 Å². The molecule has 3 nitrogen and oxygen atoms in total. The van der Waals surface area contributed by atoms with Crippen LogP contribution in [0.2, 0.25) is 0 Å². The third-order valence-electron chi connectivity index (χ3n) is 2.41. The molecular formula is C9H12O3. The van der Waals surface area contributed by atoms with Gasteiger partial charge in [0.1, 0.15) is 6.10 Å². The molecule has 0 aromatic rings. The number of carbonyl (C=O) groups excluding carboxylic acids is 1. The van der Waals surface area contributed by atoms with Crippen LogP contribution in [0.4, 0.5) is 0 Å². The van der Waals surface area contributed by atoms with Crippen molar-refractivity contribution in [1.82, 2.24) is 0 Å².